The van der Waals surface area contributed by atoms with E-state index in [1.54, 1.807) is 0 Å². The van der Waals surface area contributed by atoms with Gasteiger partial charge in [-0.15, -0.1) is 0 Å². The van der Waals surface area contributed by atoms with Crippen molar-refractivity contribution < 1.29 is 19.1 Å². The first-order chi connectivity index (χ1) is 5.52. The van der Waals surface area contributed by atoms with E-state index in [1.165, 1.54) is 6.92 Å². The van der Waals surface area contributed by atoms with E-state index < -0.39 is 18.3 Å². The normalized spacial score (nSPS) is 29.0. The molecule has 0 aliphatic carbocycles. The first kappa shape index (κ1) is 8.96. The van der Waals surface area contributed by atoms with E-state index in [4.69, 9.17) is 5.11 Å². The molecule has 4 nitrogen and oxygen atoms in total. The van der Waals surface area contributed by atoms with Crippen LogP contribution in [0.25, 0.3) is 0 Å². The quantitative estimate of drug-likeness (QED) is 0.637. The molecule has 5 heteroatoms. The number of carboxylic acid groups (broad SMARTS) is 1. The number of Topliss-reactive ketones (excluding diaryl/α,β-unsaturated/α-hetero) is 1. The van der Waals surface area contributed by atoms with Crippen molar-refractivity contribution in [1.82, 2.24) is 4.90 Å². The maximum atomic E-state index is 12.7. The molecule has 0 saturated carbocycles. The average Bonchev–Trinajstić information content (AvgIpc) is 2.31. The second kappa shape index (κ2) is 3.08. The van der Waals surface area contributed by atoms with E-state index in [1.807, 2.05) is 0 Å². The van der Waals surface area contributed by atoms with Crippen LogP contribution in [-0.2, 0) is 4.79 Å². The predicted molar refractivity (Wildman–Crippen MR) is 38.7 cm³/mol. The minimum atomic E-state index is -1.23. The van der Waals surface area contributed by atoms with Gasteiger partial charge in [0.1, 0.15) is 6.17 Å². The summed E-state index contributed by atoms with van der Waals surface area (Å²) in [5.74, 6) is -0.294. The summed E-state index contributed by atoms with van der Waals surface area (Å²) < 4.78 is 12.7. The largest absolute Gasteiger partial charge is 0.465 e. The van der Waals surface area contributed by atoms with Gasteiger partial charge in [-0.3, -0.25) is 9.69 Å². The Hall–Kier alpha value is -1.13. The third-order valence-corrected chi connectivity index (χ3v) is 1.97. The fraction of sp³-hybridized carbons (Fsp3) is 0.714. The standard InChI is InChI=1S/C7H10FNO3/c1-4(10)6-2-5(8)3-9(6)7(11)12/h5-6H,2-3H2,1H3,(H,11,12)/t5-,6+/m1/s1. The van der Waals surface area contributed by atoms with Crippen LogP contribution < -0.4 is 0 Å². The molecule has 1 rings (SSSR count). The van der Waals surface area contributed by atoms with Crippen molar-refractivity contribution in [3.8, 4) is 0 Å². The Kier molecular flexibility index (Phi) is 2.30. The van der Waals surface area contributed by atoms with Crippen LogP contribution in [-0.4, -0.2) is 40.6 Å². The van der Waals surface area contributed by atoms with E-state index in [0.29, 0.717) is 0 Å². The number of hydrogen-bond acceptors (Lipinski definition) is 2. The summed E-state index contributed by atoms with van der Waals surface area (Å²) >= 11 is 0. The third kappa shape index (κ3) is 1.54. The lowest BCUT2D eigenvalue weighted by Gasteiger charge is -2.17. The van der Waals surface area contributed by atoms with Crippen LogP contribution in [0.15, 0.2) is 0 Å². The van der Waals surface area contributed by atoms with Crippen LogP contribution in [0.4, 0.5) is 9.18 Å². The summed E-state index contributed by atoms with van der Waals surface area (Å²) in [7, 11) is 0. The van der Waals surface area contributed by atoms with Crippen molar-refractivity contribution in [1.29, 1.82) is 0 Å². The molecule has 1 heterocycles. The summed E-state index contributed by atoms with van der Waals surface area (Å²) in [5.41, 5.74) is 0. The lowest BCUT2D eigenvalue weighted by atomic mass is 10.1. The number of carbonyl (C=O) groups is 2. The van der Waals surface area contributed by atoms with Crippen LogP contribution >= 0.6 is 0 Å². The van der Waals surface area contributed by atoms with Crippen molar-refractivity contribution in [3.05, 3.63) is 0 Å². The highest BCUT2D eigenvalue weighted by Crippen LogP contribution is 2.20. The van der Waals surface area contributed by atoms with Gasteiger partial charge in [-0.1, -0.05) is 0 Å². The molecule has 0 bridgehead atoms. The van der Waals surface area contributed by atoms with E-state index in [-0.39, 0.29) is 18.7 Å². The fourth-order valence-electron chi connectivity index (χ4n) is 1.38. The summed E-state index contributed by atoms with van der Waals surface area (Å²) in [6.07, 6.45) is -2.42. The number of halogens is 1. The molecule has 12 heavy (non-hydrogen) atoms. The van der Waals surface area contributed by atoms with Gasteiger partial charge in [-0.05, 0) is 6.92 Å². The molecule has 0 aromatic heterocycles. The Morgan fingerprint density at radius 2 is 2.17 bits per heavy atom. The summed E-state index contributed by atoms with van der Waals surface area (Å²) in [6, 6.07) is -0.780. The molecule has 0 unspecified atom stereocenters. The molecule has 1 saturated heterocycles. The third-order valence-electron chi connectivity index (χ3n) is 1.97. The molecule has 1 amide bonds. The van der Waals surface area contributed by atoms with Gasteiger partial charge in [-0.2, -0.15) is 0 Å². The van der Waals surface area contributed by atoms with Gasteiger partial charge in [-0.25, -0.2) is 9.18 Å². The lowest BCUT2D eigenvalue weighted by molar-refractivity contribution is -0.120. The summed E-state index contributed by atoms with van der Waals surface area (Å²) in [4.78, 5) is 22.2. The molecule has 0 radical (unpaired) electrons. The molecular formula is C7H10FNO3. The molecule has 0 spiro atoms. The van der Waals surface area contributed by atoms with E-state index in [9.17, 15) is 14.0 Å². The number of ketones is 1. The maximum Gasteiger partial charge on any atom is 0.408 e. The number of hydrogen-bond donors (Lipinski definition) is 1. The minimum absolute atomic E-state index is 0.00162. The van der Waals surface area contributed by atoms with Gasteiger partial charge in [0.05, 0.1) is 12.6 Å². The SMILES string of the molecule is CC(=O)[C@@H]1C[C@@H](F)CN1C(=O)O. The Balaban J connectivity index is 2.72. The van der Waals surface area contributed by atoms with E-state index >= 15 is 0 Å². The second-order valence-electron chi connectivity index (χ2n) is 2.89. The van der Waals surface area contributed by atoms with Gasteiger partial charge in [0.25, 0.3) is 0 Å². The molecule has 0 aromatic rings. The Morgan fingerprint density at radius 3 is 2.50 bits per heavy atom. The topological polar surface area (TPSA) is 57.6 Å². The molecule has 2 atom stereocenters. The summed E-state index contributed by atoms with van der Waals surface area (Å²) in [6.45, 7) is 1.10. The average molecular weight is 175 g/mol. The van der Waals surface area contributed by atoms with Crippen molar-refractivity contribution in [2.75, 3.05) is 6.54 Å². The smallest absolute Gasteiger partial charge is 0.408 e. The molecule has 68 valence electrons. The summed E-state index contributed by atoms with van der Waals surface area (Å²) in [5, 5.41) is 8.56. The zero-order valence-corrected chi connectivity index (χ0v) is 6.66. The monoisotopic (exact) mass is 175 g/mol. The first-order valence-corrected chi connectivity index (χ1v) is 3.66. The number of carbonyl (C=O) groups excluding carboxylic acids is 1. The molecule has 1 aliphatic rings. The highest BCUT2D eigenvalue weighted by atomic mass is 19.1. The second-order valence-corrected chi connectivity index (χ2v) is 2.89. The molecular weight excluding hydrogens is 165 g/mol. The van der Waals surface area contributed by atoms with Crippen LogP contribution in [0.2, 0.25) is 0 Å². The van der Waals surface area contributed by atoms with Crippen molar-refractivity contribution >= 4 is 11.9 Å². The zero-order chi connectivity index (χ0) is 9.30. The van der Waals surface area contributed by atoms with Crippen LogP contribution in [0.1, 0.15) is 13.3 Å². The van der Waals surface area contributed by atoms with Gasteiger partial charge >= 0.3 is 6.09 Å². The van der Waals surface area contributed by atoms with Crippen molar-refractivity contribution in [2.24, 2.45) is 0 Å². The van der Waals surface area contributed by atoms with E-state index in [0.717, 1.165) is 4.90 Å². The zero-order valence-electron chi connectivity index (χ0n) is 6.66. The van der Waals surface area contributed by atoms with Crippen LogP contribution in [0, 0.1) is 0 Å². The van der Waals surface area contributed by atoms with Crippen molar-refractivity contribution in [3.63, 3.8) is 0 Å². The Bertz CT molecular complexity index is 197. The van der Waals surface area contributed by atoms with Gasteiger partial charge < -0.3 is 5.11 Å². The lowest BCUT2D eigenvalue weighted by Crippen LogP contribution is -2.38. The van der Waals surface area contributed by atoms with E-state index in [2.05, 4.69) is 0 Å². The Labute approximate surface area is 69.0 Å². The molecule has 0 aromatic carbocycles. The minimum Gasteiger partial charge on any atom is -0.465 e. The predicted octanol–water partition coefficient (Wildman–Crippen LogP) is 0.666. The number of likely N-dealkylation sites (tertiary alicyclic amines) is 1. The highest BCUT2D eigenvalue weighted by molar-refractivity contribution is 5.85. The molecule has 1 aliphatic heterocycles. The maximum absolute atomic E-state index is 12.7. The number of amides is 1. The number of rotatable bonds is 1. The van der Waals surface area contributed by atoms with Crippen LogP contribution in [0.3, 0.4) is 0 Å². The number of nitrogens with zero attached hydrogens (tertiary/aromatic N) is 1. The molecule has 1 N–H and O–H groups in total. The Morgan fingerprint density at radius 1 is 1.58 bits per heavy atom. The van der Waals surface area contributed by atoms with Crippen LogP contribution in [0.5, 0.6) is 0 Å². The molecule has 1 fully saturated rings. The van der Waals surface area contributed by atoms with Gasteiger partial charge in [0, 0.05) is 6.42 Å². The van der Waals surface area contributed by atoms with Crippen molar-refractivity contribution in [2.45, 2.75) is 25.6 Å². The first-order valence-electron chi connectivity index (χ1n) is 3.66. The highest BCUT2D eigenvalue weighted by Gasteiger charge is 2.37. The number of alkyl halides is 1. The van der Waals surface area contributed by atoms with Gasteiger partial charge in [0.15, 0.2) is 5.78 Å². The van der Waals surface area contributed by atoms with Gasteiger partial charge in [0.2, 0.25) is 0 Å². The fourth-order valence-corrected chi connectivity index (χ4v) is 1.38.